The molecule has 2 aliphatic rings. The minimum atomic E-state index is -1.94. The summed E-state index contributed by atoms with van der Waals surface area (Å²) in [5, 5.41) is 10.8. The molecule has 2 unspecified atom stereocenters. The highest BCUT2D eigenvalue weighted by molar-refractivity contribution is 9.09. The number of aliphatic hydroxyl groups is 1. The average Bonchev–Trinajstić information content (AvgIpc) is 3.70. The number of carbonyl (C=O) groups is 4. The number of alkyl halides is 4. The number of aliphatic hydroxyl groups excluding tert-OH is 1. The first kappa shape index (κ1) is 29.7. The van der Waals surface area contributed by atoms with E-state index in [-0.39, 0.29) is 11.9 Å². The summed E-state index contributed by atoms with van der Waals surface area (Å²) in [5.74, 6) is -2.44. The molecule has 1 heterocycles. The maximum Gasteiger partial charge on any atom is 0.369 e. The summed E-state index contributed by atoms with van der Waals surface area (Å²) >= 11 is 20.5. The second-order valence-electron chi connectivity index (χ2n) is 7.99. The van der Waals surface area contributed by atoms with Crippen molar-refractivity contribution in [2.24, 2.45) is 5.92 Å². The number of carbonyl (C=O) groups excluding carboxylic acids is 4. The van der Waals surface area contributed by atoms with E-state index in [4.69, 9.17) is 49.0 Å². The molecule has 1 saturated carbocycles. The number of allylic oxidation sites excluding steroid dienone is 1. The molecule has 2 N–H and O–H groups in total. The van der Waals surface area contributed by atoms with Crippen LogP contribution in [0.5, 0.6) is 5.75 Å². The van der Waals surface area contributed by atoms with Crippen molar-refractivity contribution < 1.29 is 38.5 Å². The first-order valence-electron chi connectivity index (χ1n) is 10.9. The zero-order valence-electron chi connectivity index (χ0n) is 19.0. The number of nitrogens with one attached hydrogen (secondary N) is 1. The first-order chi connectivity index (χ1) is 17.5. The topological polar surface area (TPSA) is 131 Å². The Kier molecular flexibility index (Phi) is 10.7. The second-order valence-corrected chi connectivity index (χ2v) is 12.1. The highest BCUT2D eigenvalue weighted by Crippen LogP contribution is 2.37. The molecule has 0 spiro atoms. The summed E-state index contributed by atoms with van der Waals surface area (Å²) in [6.07, 6.45) is 1.90. The Morgan fingerprint density at radius 1 is 1.16 bits per heavy atom. The lowest BCUT2D eigenvalue weighted by atomic mass is 10.1. The fourth-order valence-electron chi connectivity index (χ4n) is 3.07. The van der Waals surface area contributed by atoms with Crippen molar-refractivity contribution in [3.05, 3.63) is 41.8 Å². The molecule has 202 valence electrons. The van der Waals surface area contributed by atoms with Gasteiger partial charge in [-0.3, -0.25) is 14.5 Å². The zero-order valence-corrected chi connectivity index (χ0v) is 23.7. The summed E-state index contributed by atoms with van der Waals surface area (Å²) in [5.41, 5.74) is -0.574. The van der Waals surface area contributed by atoms with Crippen LogP contribution in [0.25, 0.3) is 0 Å². The number of hydrogen-bond acceptors (Lipinski definition) is 9. The first-order valence-corrected chi connectivity index (χ1v) is 14.0. The summed E-state index contributed by atoms with van der Waals surface area (Å²) in [4.78, 5) is 51.6. The van der Waals surface area contributed by atoms with Crippen LogP contribution in [0.4, 0.5) is 4.79 Å². The molecule has 2 atom stereocenters. The number of para-hydroxylation sites is 1. The third kappa shape index (κ3) is 8.85. The monoisotopic (exact) mass is 658 g/mol. The number of nitrogens with zero attached hydrogens (tertiary/aromatic N) is 1. The van der Waals surface area contributed by atoms with Crippen molar-refractivity contribution in [2.45, 2.75) is 28.0 Å². The number of thioether (sulfide) groups is 1. The Balaban J connectivity index is 1.75. The number of esters is 1. The van der Waals surface area contributed by atoms with E-state index in [0.717, 1.165) is 17.7 Å². The van der Waals surface area contributed by atoms with Gasteiger partial charge in [-0.05, 0) is 42.7 Å². The van der Waals surface area contributed by atoms with Crippen molar-refractivity contribution in [3.63, 3.8) is 0 Å². The highest BCUT2D eigenvalue weighted by Gasteiger charge is 2.54. The predicted molar refractivity (Wildman–Crippen MR) is 141 cm³/mol. The SMILES string of the molecule is O=C(COc1ccccc1)NC1C(=O)N(/C(C(=O)OCC(Cl)(Cl)Cl)=C(\O)CBr)C1SC(=O)OCC1CC1. The van der Waals surface area contributed by atoms with Crippen LogP contribution in [0.2, 0.25) is 0 Å². The van der Waals surface area contributed by atoms with Crippen LogP contribution in [-0.4, -0.2) is 73.5 Å². The molecule has 1 aliphatic carbocycles. The molecule has 0 radical (unpaired) electrons. The molecule has 0 aromatic heterocycles. The minimum Gasteiger partial charge on any atom is -0.509 e. The van der Waals surface area contributed by atoms with E-state index >= 15 is 0 Å². The second kappa shape index (κ2) is 13.3. The van der Waals surface area contributed by atoms with Gasteiger partial charge in [-0.1, -0.05) is 68.9 Å². The molecule has 3 rings (SSSR count). The van der Waals surface area contributed by atoms with Gasteiger partial charge in [-0.15, -0.1) is 0 Å². The lowest BCUT2D eigenvalue weighted by molar-refractivity contribution is -0.153. The maximum atomic E-state index is 13.1. The van der Waals surface area contributed by atoms with E-state index in [1.165, 1.54) is 0 Å². The Bertz CT molecular complexity index is 1050. The number of rotatable bonds is 11. The largest absolute Gasteiger partial charge is 0.509 e. The normalized spacial score (nSPS) is 19.9. The number of likely N-dealkylation sites (tertiary alicyclic amines) is 1. The van der Waals surface area contributed by atoms with Gasteiger partial charge in [0, 0.05) is 0 Å². The summed E-state index contributed by atoms with van der Waals surface area (Å²) in [6, 6.07) is 7.32. The van der Waals surface area contributed by atoms with Crippen LogP contribution >= 0.6 is 62.5 Å². The van der Waals surface area contributed by atoms with Gasteiger partial charge in [0.05, 0.1) is 11.9 Å². The van der Waals surface area contributed by atoms with Crippen molar-refractivity contribution in [3.8, 4) is 5.75 Å². The lowest BCUT2D eigenvalue weighted by Crippen LogP contribution is -2.70. The Hall–Kier alpha value is -1.86. The summed E-state index contributed by atoms with van der Waals surface area (Å²) < 4.78 is 13.6. The number of halogens is 4. The predicted octanol–water partition coefficient (Wildman–Crippen LogP) is 4.08. The standard InChI is InChI=1S/C22H22BrCl3N2O8S/c23-8-14(29)17(20(32)36-11-22(24,25)26)28-18(31)16(19(28)37-21(33)35-9-12-6-7-12)27-15(30)10-34-13-4-2-1-3-5-13/h1-5,12,16,19,29H,6-11H2,(H,27,30)/b17-14-. The third-order valence-electron chi connectivity index (χ3n) is 5.02. The van der Waals surface area contributed by atoms with Crippen molar-refractivity contribution >= 4 is 85.6 Å². The van der Waals surface area contributed by atoms with E-state index in [1.54, 1.807) is 30.3 Å². The van der Waals surface area contributed by atoms with Gasteiger partial charge in [-0.25, -0.2) is 9.59 Å². The van der Waals surface area contributed by atoms with Crippen LogP contribution in [-0.2, 0) is 23.9 Å². The number of ether oxygens (including phenoxy) is 3. The molecule has 0 bridgehead atoms. The van der Waals surface area contributed by atoms with E-state index in [9.17, 15) is 24.3 Å². The molecule has 2 fully saturated rings. The minimum absolute atomic E-state index is 0.217. The Morgan fingerprint density at radius 2 is 1.84 bits per heavy atom. The van der Waals surface area contributed by atoms with Gasteiger partial charge >= 0.3 is 11.3 Å². The van der Waals surface area contributed by atoms with Gasteiger partial charge in [0.15, 0.2) is 12.3 Å². The summed E-state index contributed by atoms with van der Waals surface area (Å²) in [7, 11) is 0. The van der Waals surface area contributed by atoms with Gasteiger partial charge in [0.25, 0.3) is 11.8 Å². The van der Waals surface area contributed by atoms with Crippen molar-refractivity contribution in [2.75, 3.05) is 25.2 Å². The van der Waals surface area contributed by atoms with E-state index in [0.29, 0.717) is 23.4 Å². The maximum absolute atomic E-state index is 13.1. The Morgan fingerprint density at radius 3 is 2.43 bits per heavy atom. The quantitative estimate of drug-likeness (QED) is 0.119. The van der Waals surface area contributed by atoms with Crippen molar-refractivity contribution in [1.29, 1.82) is 0 Å². The zero-order chi connectivity index (χ0) is 27.2. The van der Waals surface area contributed by atoms with Crippen LogP contribution in [0.15, 0.2) is 41.8 Å². The van der Waals surface area contributed by atoms with Gasteiger partial charge in [0.1, 0.15) is 29.5 Å². The molecule has 2 amide bonds. The van der Waals surface area contributed by atoms with Crippen LogP contribution < -0.4 is 10.1 Å². The fourth-order valence-corrected chi connectivity index (χ4v) is 4.47. The average molecular weight is 661 g/mol. The number of amides is 2. The van der Waals surface area contributed by atoms with Gasteiger partial charge in [0.2, 0.25) is 3.79 Å². The molecular formula is C22H22BrCl3N2O8S. The van der Waals surface area contributed by atoms with Crippen LogP contribution in [0.1, 0.15) is 12.8 Å². The number of β-lactam (4-membered cyclic amide) rings is 1. The van der Waals surface area contributed by atoms with Crippen LogP contribution in [0.3, 0.4) is 0 Å². The smallest absolute Gasteiger partial charge is 0.369 e. The third-order valence-corrected chi connectivity index (χ3v) is 6.92. The lowest BCUT2D eigenvalue weighted by Gasteiger charge is -2.46. The molecule has 1 aromatic carbocycles. The Labute approximate surface area is 240 Å². The highest BCUT2D eigenvalue weighted by atomic mass is 79.9. The van der Waals surface area contributed by atoms with Gasteiger partial charge in [-0.2, -0.15) is 0 Å². The summed E-state index contributed by atoms with van der Waals surface area (Å²) in [6.45, 7) is -0.858. The van der Waals surface area contributed by atoms with Gasteiger partial charge < -0.3 is 24.6 Å². The number of hydrogen-bond donors (Lipinski definition) is 2. The molecule has 15 heteroatoms. The van der Waals surface area contributed by atoms with E-state index in [1.807, 2.05) is 0 Å². The molecular weight excluding hydrogens is 639 g/mol. The molecule has 1 aliphatic heterocycles. The molecule has 1 aromatic rings. The van der Waals surface area contributed by atoms with Crippen LogP contribution in [0, 0.1) is 5.92 Å². The van der Waals surface area contributed by atoms with E-state index in [2.05, 4.69) is 21.2 Å². The molecule has 10 nitrogen and oxygen atoms in total. The molecule has 37 heavy (non-hydrogen) atoms. The fraction of sp³-hybridized carbons (Fsp3) is 0.455. The van der Waals surface area contributed by atoms with Crippen molar-refractivity contribution in [1.82, 2.24) is 10.2 Å². The number of benzene rings is 1. The van der Waals surface area contributed by atoms with E-state index < -0.39 is 63.0 Å². The molecule has 1 saturated heterocycles.